The summed E-state index contributed by atoms with van der Waals surface area (Å²) in [5, 5.41) is 7.24. The van der Waals surface area contributed by atoms with Gasteiger partial charge in [-0.15, -0.1) is 0 Å². The minimum absolute atomic E-state index is 0.222. The van der Waals surface area contributed by atoms with Crippen LogP contribution in [-0.2, 0) is 13.0 Å². The molecule has 1 aromatic heterocycles. The van der Waals surface area contributed by atoms with Crippen LogP contribution in [0.3, 0.4) is 0 Å². The second-order valence-electron chi connectivity index (χ2n) is 6.00. The summed E-state index contributed by atoms with van der Waals surface area (Å²) in [7, 11) is 0. The first-order valence-electron chi connectivity index (χ1n) is 8.41. The molecule has 0 saturated heterocycles. The van der Waals surface area contributed by atoms with Crippen molar-refractivity contribution in [3.63, 3.8) is 0 Å². The molecule has 0 saturated carbocycles. The van der Waals surface area contributed by atoms with E-state index in [4.69, 9.17) is 11.6 Å². The quantitative estimate of drug-likeness (QED) is 0.624. The van der Waals surface area contributed by atoms with E-state index in [2.05, 4.69) is 20.6 Å². The van der Waals surface area contributed by atoms with Crippen LogP contribution >= 0.6 is 11.6 Å². The van der Waals surface area contributed by atoms with Crippen molar-refractivity contribution in [2.45, 2.75) is 19.9 Å². The monoisotopic (exact) mass is 370 g/mol. The topological polar surface area (TPSA) is 49.8 Å². The van der Waals surface area contributed by atoms with Crippen molar-refractivity contribution >= 4 is 23.4 Å². The average Bonchev–Trinajstić information content (AvgIpc) is 2.63. The smallest absolute Gasteiger partial charge is 0.224 e. The van der Waals surface area contributed by atoms with Crippen molar-refractivity contribution in [3.05, 3.63) is 82.3 Å². The zero-order valence-electron chi connectivity index (χ0n) is 14.5. The van der Waals surface area contributed by atoms with E-state index in [1.54, 1.807) is 12.1 Å². The molecular weight excluding hydrogens is 351 g/mol. The number of benzene rings is 2. The molecular formula is C20H20ClFN4. The fourth-order valence-electron chi connectivity index (χ4n) is 2.50. The maximum atomic E-state index is 12.9. The predicted molar refractivity (Wildman–Crippen MR) is 104 cm³/mol. The highest BCUT2D eigenvalue weighted by Gasteiger charge is 2.03. The number of halogens is 2. The van der Waals surface area contributed by atoms with E-state index in [0.717, 1.165) is 34.1 Å². The summed E-state index contributed by atoms with van der Waals surface area (Å²) in [6.07, 6.45) is 0.769. The third-order valence-electron chi connectivity index (χ3n) is 3.85. The maximum Gasteiger partial charge on any atom is 0.224 e. The normalized spacial score (nSPS) is 10.6. The molecule has 1 heterocycles. The van der Waals surface area contributed by atoms with E-state index < -0.39 is 0 Å². The predicted octanol–water partition coefficient (Wildman–Crippen LogP) is 4.84. The van der Waals surface area contributed by atoms with E-state index in [0.29, 0.717) is 19.0 Å². The Balaban J connectivity index is 1.56. The van der Waals surface area contributed by atoms with E-state index in [1.165, 1.54) is 12.1 Å². The number of nitrogens with one attached hydrogen (secondary N) is 2. The van der Waals surface area contributed by atoms with Gasteiger partial charge in [-0.2, -0.15) is 4.98 Å². The van der Waals surface area contributed by atoms with E-state index >= 15 is 0 Å². The second kappa shape index (κ2) is 8.63. The summed E-state index contributed by atoms with van der Waals surface area (Å²) < 4.78 is 12.9. The highest BCUT2D eigenvalue weighted by atomic mass is 35.5. The SMILES string of the molecule is Cc1cc(NCc2ccc(Cl)cc2)nc(NCCc2ccc(F)cc2)n1. The minimum atomic E-state index is -0.222. The van der Waals surface area contributed by atoms with Crippen molar-refractivity contribution in [2.75, 3.05) is 17.2 Å². The van der Waals surface area contributed by atoms with Crippen molar-refractivity contribution in [2.24, 2.45) is 0 Å². The molecule has 0 bridgehead atoms. The van der Waals surface area contributed by atoms with Gasteiger partial charge in [0.15, 0.2) is 0 Å². The van der Waals surface area contributed by atoms with Gasteiger partial charge in [0.2, 0.25) is 5.95 Å². The van der Waals surface area contributed by atoms with Gasteiger partial charge in [0.1, 0.15) is 11.6 Å². The van der Waals surface area contributed by atoms with Gasteiger partial charge in [-0.3, -0.25) is 0 Å². The number of hydrogen-bond donors (Lipinski definition) is 2. The largest absolute Gasteiger partial charge is 0.366 e. The van der Waals surface area contributed by atoms with Crippen LogP contribution in [0.4, 0.5) is 16.2 Å². The van der Waals surface area contributed by atoms with Crippen LogP contribution in [0.25, 0.3) is 0 Å². The lowest BCUT2D eigenvalue weighted by atomic mass is 10.1. The molecule has 0 amide bonds. The number of aromatic nitrogens is 2. The van der Waals surface area contributed by atoms with Gasteiger partial charge in [0.25, 0.3) is 0 Å². The highest BCUT2D eigenvalue weighted by molar-refractivity contribution is 6.30. The Labute approximate surface area is 157 Å². The number of hydrogen-bond acceptors (Lipinski definition) is 4. The first kappa shape index (κ1) is 18.1. The third kappa shape index (κ3) is 5.43. The highest BCUT2D eigenvalue weighted by Crippen LogP contribution is 2.14. The Bertz CT molecular complexity index is 851. The van der Waals surface area contributed by atoms with Gasteiger partial charge in [-0.05, 0) is 48.7 Å². The molecule has 6 heteroatoms. The molecule has 0 radical (unpaired) electrons. The number of nitrogens with zero attached hydrogens (tertiary/aromatic N) is 2. The standard InChI is InChI=1S/C20H20ClFN4/c1-14-12-19(24-13-16-2-6-17(21)7-3-16)26-20(25-14)23-11-10-15-4-8-18(22)9-5-15/h2-9,12H,10-11,13H2,1H3,(H2,23,24,25,26). The molecule has 3 rings (SSSR count). The second-order valence-corrected chi connectivity index (χ2v) is 6.44. The van der Waals surface area contributed by atoms with E-state index in [-0.39, 0.29) is 5.82 Å². The Hall–Kier alpha value is -2.66. The molecule has 0 spiro atoms. The van der Waals surface area contributed by atoms with E-state index in [9.17, 15) is 4.39 Å². The van der Waals surface area contributed by atoms with Gasteiger partial charge in [0.05, 0.1) is 0 Å². The summed E-state index contributed by atoms with van der Waals surface area (Å²) in [6.45, 7) is 3.26. The van der Waals surface area contributed by atoms with Crippen LogP contribution in [0.5, 0.6) is 0 Å². The number of aryl methyl sites for hydroxylation is 1. The van der Waals surface area contributed by atoms with Gasteiger partial charge in [-0.1, -0.05) is 35.9 Å². The summed E-state index contributed by atoms with van der Waals surface area (Å²) in [5.41, 5.74) is 3.06. The molecule has 134 valence electrons. The van der Waals surface area contributed by atoms with E-state index in [1.807, 2.05) is 37.3 Å². The Morgan fingerprint density at radius 1 is 0.923 bits per heavy atom. The summed E-state index contributed by atoms with van der Waals surface area (Å²) >= 11 is 5.90. The minimum Gasteiger partial charge on any atom is -0.366 e. The third-order valence-corrected chi connectivity index (χ3v) is 4.10. The van der Waals surface area contributed by atoms with Crippen LogP contribution in [0.1, 0.15) is 16.8 Å². The number of anilines is 2. The number of rotatable bonds is 7. The molecule has 2 aromatic carbocycles. The van der Waals surface area contributed by atoms with Crippen molar-refractivity contribution in [1.29, 1.82) is 0 Å². The fraction of sp³-hybridized carbons (Fsp3) is 0.200. The zero-order chi connectivity index (χ0) is 18.4. The molecule has 4 nitrogen and oxygen atoms in total. The van der Waals surface area contributed by atoms with Crippen LogP contribution in [0, 0.1) is 12.7 Å². The van der Waals surface area contributed by atoms with Gasteiger partial charge in [0, 0.05) is 29.9 Å². The van der Waals surface area contributed by atoms with Crippen molar-refractivity contribution < 1.29 is 4.39 Å². The first-order chi connectivity index (χ1) is 12.6. The zero-order valence-corrected chi connectivity index (χ0v) is 15.2. The average molecular weight is 371 g/mol. The molecule has 0 aliphatic rings. The van der Waals surface area contributed by atoms with Gasteiger partial charge < -0.3 is 10.6 Å². The van der Waals surface area contributed by atoms with Crippen molar-refractivity contribution in [3.8, 4) is 0 Å². The van der Waals surface area contributed by atoms with Gasteiger partial charge in [-0.25, -0.2) is 9.37 Å². The molecule has 26 heavy (non-hydrogen) atoms. The molecule has 2 N–H and O–H groups in total. The fourth-order valence-corrected chi connectivity index (χ4v) is 2.63. The van der Waals surface area contributed by atoms with Crippen LogP contribution < -0.4 is 10.6 Å². The molecule has 0 unspecified atom stereocenters. The molecule has 0 atom stereocenters. The van der Waals surface area contributed by atoms with Gasteiger partial charge >= 0.3 is 0 Å². The lowest BCUT2D eigenvalue weighted by Gasteiger charge is -2.10. The Morgan fingerprint density at radius 2 is 1.62 bits per heavy atom. The Morgan fingerprint density at radius 3 is 2.35 bits per heavy atom. The lowest BCUT2D eigenvalue weighted by molar-refractivity contribution is 0.627. The first-order valence-corrected chi connectivity index (χ1v) is 8.78. The summed E-state index contributed by atoms with van der Waals surface area (Å²) in [5.74, 6) is 1.11. The van der Waals surface area contributed by atoms with Crippen LogP contribution in [0.15, 0.2) is 54.6 Å². The molecule has 0 aliphatic heterocycles. The van der Waals surface area contributed by atoms with Crippen LogP contribution in [-0.4, -0.2) is 16.5 Å². The Kier molecular flexibility index (Phi) is 6.02. The van der Waals surface area contributed by atoms with Crippen LogP contribution in [0.2, 0.25) is 5.02 Å². The van der Waals surface area contributed by atoms with Crippen molar-refractivity contribution in [1.82, 2.24) is 9.97 Å². The maximum absolute atomic E-state index is 12.9. The molecule has 0 aliphatic carbocycles. The lowest BCUT2D eigenvalue weighted by Crippen LogP contribution is -2.10. The molecule has 3 aromatic rings. The molecule has 0 fully saturated rings. The summed E-state index contributed by atoms with van der Waals surface area (Å²) in [4.78, 5) is 8.90. The summed E-state index contributed by atoms with van der Waals surface area (Å²) in [6, 6.07) is 16.1.